The first kappa shape index (κ1) is 28.8. The highest BCUT2D eigenvalue weighted by molar-refractivity contribution is 8.75. The number of carbonyl (C=O) groups excluding carboxylic acids is 2. The molecule has 0 radical (unpaired) electrons. The van der Waals surface area contributed by atoms with Gasteiger partial charge < -0.3 is 19.0 Å². The number of carbonyl (C=O) groups is 2. The Morgan fingerprint density at radius 2 is 1.77 bits per heavy atom. The number of hydrogen-bond acceptors (Lipinski definition) is 10. The molecule has 0 aliphatic rings. The molecule has 0 fully saturated rings. The van der Waals surface area contributed by atoms with Crippen molar-refractivity contribution < 1.29 is 31.7 Å². The van der Waals surface area contributed by atoms with Gasteiger partial charge in [-0.15, -0.1) is 0 Å². The van der Waals surface area contributed by atoms with E-state index in [2.05, 4.69) is 5.32 Å². The third-order valence-corrected chi connectivity index (χ3v) is 7.33. The summed E-state index contributed by atoms with van der Waals surface area (Å²) in [6.45, 7) is 6.96. The van der Waals surface area contributed by atoms with Gasteiger partial charge in [0, 0.05) is 6.54 Å². The zero-order chi connectivity index (χ0) is 26.1. The van der Waals surface area contributed by atoms with Crippen LogP contribution in [0, 0.1) is 5.41 Å². The lowest BCUT2D eigenvalue weighted by Gasteiger charge is -2.17. The smallest absolute Gasteiger partial charge is 0.341 e. The molecule has 192 valence electrons. The van der Waals surface area contributed by atoms with Gasteiger partial charge in [0.2, 0.25) is 16.8 Å². The van der Waals surface area contributed by atoms with E-state index in [1.807, 2.05) is 25.1 Å². The predicted molar refractivity (Wildman–Crippen MR) is 138 cm³/mol. The van der Waals surface area contributed by atoms with Crippen molar-refractivity contribution in [1.29, 1.82) is 0 Å². The summed E-state index contributed by atoms with van der Waals surface area (Å²) in [5.41, 5.74) is -0.432. The van der Waals surface area contributed by atoms with Crippen LogP contribution in [0.1, 0.15) is 50.9 Å². The van der Waals surface area contributed by atoms with E-state index in [1.54, 1.807) is 32.9 Å². The predicted octanol–water partition coefficient (Wildman–Crippen LogP) is 4.98. The molecule has 0 amide bonds. The van der Waals surface area contributed by atoms with Crippen LogP contribution in [0.4, 0.5) is 5.69 Å². The van der Waals surface area contributed by atoms with Gasteiger partial charge in [0.15, 0.2) is 0 Å². The fourth-order valence-corrected chi connectivity index (χ4v) is 5.58. The van der Waals surface area contributed by atoms with E-state index < -0.39 is 34.2 Å². The number of ether oxygens (including phenoxy) is 2. The lowest BCUT2D eigenvalue weighted by molar-refractivity contribution is -0.161. The van der Waals surface area contributed by atoms with E-state index in [-0.39, 0.29) is 10.5 Å². The van der Waals surface area contributed by atoms with Gasteiger partial charge in [-0.05, 0) is 62.3 Å². The number of esters is 2. The third-order valence-electron chi connectivity index (χ3n) is 4.43. The molecule has 0 saturated carbocycles. The van der Waals surface area contributed by atoms with Crippen molar-refractivity contribution in [2.24, 2.45) is 10.6 Å². The number of para-hydroxylation sites is 1. The summed E-state index contributed by atoms with van der Waals surface area (Å²) in [5, 5.41) is 8.64. The fourth-order valence-electron chi connectivity index (χ4n) is 2.55. The summed E-state index contributed by atoms with van der Waals surface area (Å²) < 4.78 is 40.5. The number of unbranched alkanes of at least 4 members (excludes halogenated alkanes) is 1. The van der Waals surface area contributed by atoms with Crippen LogP contribution < -0.4 is 14.6 Å². The van der Waals surface area contributed by atoms with Crippen molar-refractivity contribution in [2.45, 2.75) is 50.3 Å². The Bertz CT molecular complexity index is 1120. The molecular weight excluding hydrogens is 512 g/mol. The maximum absolute atomic E-state index is 12.6. The second-order valence-corrected chi connectivity index (χ2v) is 11.8. The average molecular weight is 543 g/mol. The SMILES string of the molecule is CCCCNc1cc(C(=O)OCOC(=O)C(C)(C)C)cc(S(N)(=O)=O)c1SSOc1ccccc1. The number of hydrogen-bond donors (Lipinski definition) is 2. The van der Waals surface area contributed by atoms with Crippen LogP contribution in [-0.4, -0.2) is 33.7 Å². The maximum Gasteiger partial charge on any atom is 0.341 e. The Kier molecular flexibility index (Phi) is 10.7. The van der Waals surface area contributed by atoms with Gasteiger partial charge >= 0.3 is 11.9 Å². The lowest BCUT2D eigenvalue weighted by atomic mass is 9.98. The molecule has 0 bridgehead atoms. The summed E-state index contributed by atoms with van der Waals surface area (Å²) in [6, 6.07) is 11.6. The van der Waals surface area contributed by atoms with Crippen LogP contribution in [0.5, 0.6) is 5.75 Å². The van der Waals surface area contributed by atoms with Gasteiger partial charge in [-0.25, -0.2) is 18.4 Å². The van der Waals surface area contributed by atoms with Crippen LogP contribution in [0.15, 0.2) is 52.3 Å². The van der Waals surface area contributed by atoms with Crippen molar-refractivity contribution in [1.82, 2.24) is 0 Å². The summed E-state index contributed by atoms with van der Waals surface area (Å²) in [6.07, 6.45) is 1.73. The molecule has 2 aromatic rings. The zero-order valence-corrected chi connectivity index (χ0v) is 22.5. The minimum absolute atomic E-state index is 0.0573. The molecule has 0 heterocycles. The molecule has 2 aromatic carbocycles. The number of rotatable bonds is 12. The number of sulfonamides is 1. The number of nitrogens with one attached hydrogen (secondary N) is 1. The summed E-state index contributed by atoms with van der Waals surface area (Å²) in [7, 11) is -3.16. The molecule has 12 heteroatoms. The molecule has 3 N–H and O–H groups in total. The van der Waals surface area contributed by atoms with Crippen molar-refractivity contribution in [2.75, 3.05) is 18.7 Å². The van der Waals surface area contributed by atoms with Crippen molar-refractivity contribution in [3.05, 3.63) is 48.0 Å². The molecule has 0 spiro atoms. The number of anilines is 1. The highest BCUT2D eigenvalue weighted by atomic mass is 33.1. The molecule has 0 atom stereocenters. The second-order valence-electron chi connectivity index (χ2n) is 8.46. The van der Waals surface area contributed by atoms with E-state index >= 15 is 0 Å². The molecule has 2 rings (SSSR count). The van der Waals surface area contributed by atoms with E-state index in [1.165, 1.54) is 6.07 Å². The first-order valence-electron chi connectivity index (χ1n) is 10.8. The van der Waals surface area contributed by atoms with Gasteiger partial charge in [-0.2, -0.15) is 0 Å². The molecule has 0 aliphatic heterocycles. The van der Waals surface area contributed by atoms with E-state index in [9.17, 15) is 18.0 Å². The Balaban J connectivity index is 2.30. The Morgan fingerprint density at radius 1 is 1.09 bits per heavy atom. The normalized spacial score (nSPS) is 11.6. The number of nitrogens with two attached hydrogens (primary N) is 1. The van der Waals surface area contributed by atoms with Gasteiger partial charge in [0.05, 0.1) is 26.5 Å². The summed E-state index contributed by atoms with van der Waals surface area (Å²) in [5.74, 6) is -0.813. The largest absolute Gasteiger partial charge is 0.427 e. The first-order valence-corrected chi connectivity index (χ1v) is 14.4. The van der Waals surface area contributed by atoms with Crippen LogP contribution in [-0.2, 0) is 24.3 Å². The van der Waals surface area contributed by atoms with Gasteiger partial charge in [0.1, 0.15) is 16.8 Å². The Morgan fingerprint density at radius 3 is 2.37 bits per heavy atom. The average Bonchev–Trinajstić information content (AvgIpc) is 2.79. The van der Waals surface area contributed by atoms with Crippen molar-refractivity contribution >= 4 is 49.5 Å². The van der Waals surface area contributed by atoms with E-state index in [0.717, 1.165) is 40.8 Å². The van der Waals surface area contributed by atoms with E-state index in [4.69, 9.17) is 18.8 Å². The van der Waals surface area contributed by atoms with Crippen LogP contribution in [0.25, 0.3) is 0 Å². The van der Waals surface area contributed by atoms with Crippen LogP contribution in [0.3, 0.4) is 0 Å². The highest BCUT2D eigenvalue weighted by Crippen LogP contribution is 2.42. The van der Waals surface area contributed by atoms with Gasteiger partial charge in [0.25, 0.3) is 0 Å². The second kappa shape index (κ2) is 13.1. The molecule has 0 aliphatic carbocycles. The quantitative estimate of drug-likeness (QED) is 0.124. The maximum atomic E-state index is 12.6. The minimum atomic E-state index is -4.21. The van der Waals surface area contributed by atoms with Crippen LogP contribution >= 0.6 is 21.9 Å². The summed E-state index contributed by atoms with van der Waals surface area (Å²) >= 11 is 0.960. The first-order chi connectivity index (χ1) is 16.4. The monoisotopic (exact) mass is 542 g/mol. The van der Waals surface area contributed by atoms with E-state index in [0.29, 0.717) is 22.9 Å². The van der Waals surface area contributed by atoms with Gasteiger partial charge in [-0.3, -0.25) is 4.79 Å². The molecular formula is C23H30N2O7S3. The number of primary sulfonamides is 1. The molecule has 0 aromatic heterocycles. The number of benzene rings is 2. The Labute approximate surface area is 214 Å². The van der Waals surface area contributed by atoms with Gasteiger partial charge in [-0.1, -0.05) is 31.5 Å². The molecule has 35 heavy (non-hydrogen) atoms. The van der Waals surface area contributed by atoms with Crippen molar-refractivity contribution in [3.63, 3.8) is 0 Å². The standard InChI is InChI=1S/C23H30N2O7S3/c1-5-6-12-25-18-13-16(21(26)30-15-31-22(27)23(2,3)4)14-19(35(24,28)29)20(18)33-34-32-17-10-8-7-9-11-17/h7-11,13-14,25H,5-6,12,15H2,1-4H3,(H2,24,28,29). The molecule has 0 saturated heterocycles. The zero-order valence-electron chi connectivity index (χ0n) is 20.0. The highest BCUT2D eigenvalue weighted by Gasteiger charge is 2.25. The fraction of sp³-hybridized carbons (Fsp3) is 0.391. The Hall–Kier alpha value is -2.41. The lowest BCUT2D eigenvalue weighted by Crippen LogP contribution is -2.25. The topological polar surface area (TPSA) is 134 Å². The molecule has 0 unspecified atom stereocenters. The van der Waals surface area contributed by atoms with Crippen molar-refractivity contribution in [3.8, 4) is 5.75 Å². The van der Waals surface area contributed by atoms with Crippen LogP contribution in [0.2, 0.25) is 0 Å². The molecule has 9 nitrogen and oxygen atoms in total. The minimum Gasteiger partial charge on any atom is -0.427 e. The third kappa shape index (κ3) is 9.28. The summed E-state index contributed by atoms with van der Waals surface area (Å²) in [4.78, 5) is 24.5.